The van der Waals surface area contributed by atoms with Gasteiger partial charge in [-0.15, -0.1) is 0 Å². The van der Waals surface area contributed by atoms with Crippen LogP contribution in [0.25, 0.3) is 0 Å². The highest BCUT2D eigenvalue weighted by Crippen LogP contribution is 2.26. The average molecular weight is 196 g/mol. The van der Waals surface area contributed by atoms with E-state index in [9.17, 15) is 0 Å². The summed E-state index contributed by atoms with van der Waals surface area (Å²) in [6, 6.07) is 0. The summed E-state index contributed by atoms with van der Waals surface area (Å²) in [5.41, 5.74) is 11.1. The third-order valence-electron chi connectivity index (χ3n) is 1.97. The number of rotatable bonds is 0. The van der Waals surface area contributed by atoms with Crippen molar-refractivity contribution >= 4 is 17.6 Å². The zero-order chi connectivity index (χ0) is 10.9. The number of hydrogen-bond acceptors (Lipinski definition) is 2. The molecule has 0 unspecified atom stereocenters. The molecule has 0 saturated carbocycles. The van der Waals surface area contributed by atoms with E-state index in [1.54, 1.807) is 0 Å². The Balaban J connectivity index is 2.88. The van der Waals surface area contributed by atoms with Crippen LogP contribution in [0.5, 0.6) is 0 Å². The van der Waals surface area contributed by atoms with E-state index in [4.69, 9.17) is 16.9 Å². The smallest absolute Gasteiger partial charge is 0.242 e. The molecule has 6 heteroatoms. The van der Waals surface area contributed by atoms with Gasteiger partial charge in [0.15, 0.2) is 5.96 Å². The minimum absolute atomic E-state index is 0.0214. The summed E-state index contributed by atoms with van der Waals surface area (Å²) >= 11 is 0. The molecule has 0 atom stereocenters. The SMILES string of the molecule is CC1=NN(C(=N)N=C(N)N)C(C)(C)C1. The van der Waals surface area contributed by atoms with E-state index in [0.717, 1.165) is 12.1 Å². The highest BCUT2D eigenvalue weighted by Gasteiger charge is 2.34. The van der Waals surface area contributed by atoms with Gasteiger partial charge < -0.3 is 11.5 Å². The fraction of sp³-hybridized carbons (Fsp3) is 0.625. The lowest BCUT2D eigenvalue weighted by atomic mass is 9.99. The van der Waals surface area contributed by atoms with Crippen molar-refractivity contribution in [2.24, 2.45) is 21.6 Å². The Hall–Kier alpha value is -1.59. The van der Waals surface area contributed by atoms with Gasteiger partial charge in [-0.3, -0.25) is 5.41 Å². The second kappa shape index (κ2) is 3.28. The van der Waals surface area contributed by atoms with Crippen molar-refractivity contribution < 1.29 is 0 Å². The molecule has 1 aliphatic heterocycles. The molecule has 0 aromatic heterocycles. The Morgan fingerprint density at radius 3 is 2.50 bits per heavy atom. The lowest BCUT2D eigenvalue weighted by Crippen LogP contribution is -2.41. The van der Waals surface area contributed by atoms with Crippen LogP contribution in [0, 0.1) is 5.41 Å². The van der Waals surface area contributed by atoms with E-state index >= 15 is 0 Å². The summed E-state index contributed by atoms with van der Waals surface area (Å²) in [5.74, 6) is -0.141. The van der Waals surface area contributed by atoms with Crippen molar-refractivity contribution in [1.82, 2.24) is 5.01 Å². The minimum atomic E-state index is -0.222. The Morgan fingerprint density at radius 2 is 2.14 bits per heavy atom. The molecule has 0 fully saturated rings. The standard InChI is InChI=1S/C8H16N6/c1-5-4-8(2,3)14(13-5)7(11)12-6(9)10/h4H2,1-3H3,(H5,9,10,11,12). The van der Waals surface area contributed by atoms with Crippen molar-refractivity contribution in [1.29, 1.82) is 5.41 Å². The molecule has 14 heavy (non-hydrogen) atoms. The van der Waals surface area contributed by atoms with Gasteiger partial charge in [0.05, 0.1) is 5.54 Å². The van der Waals surface area contributed by atoms with Crippen LogP contribution in [0.15, 0.2) is 10.1 Å². The summed E-state index contributed by atoms with van der Waals surface area (Å²) in [6.45, 7) is 5.90. The number of guanidine groups is 2. The topological polar surface area (TPSA) is 104 Å². The van der Waals surface area contributed by atoms with Crippen molar-refractivity contribution in [3.63, 3.8) is 0 Å². The molecule has 78 valence electrons. The van der Waals surface area contributed by atoms with E-state index < -0.39 is 0 Å². The molecule has 1 heterocycles. The maximum absolute atomic E-state index is 7.63. The van der Waals surface area contributed by atoms with Crippen LogP contribution in [-0.4, -0.2) is 28.2 Å². The van der Waals surface area contributed by atoms with E-state index in [1.165, 1.54) is 5.01 Å². The van der Waals surface area contributed by atoms with Crippen LogP contribution in [0.1, 0.15) is 27.2 Å². The summed E-state index contributed by atoms with van der Waals surface area (Å²) in [7, 11) is 0. The summed E-state index contributed by atoms with van der Waals surface area (Å²) in [5, 5.41) is 13.4. The molecule has 6 nitrogen and oxygen atoms in total. The molecule has 0 radical (unpaired) electrons. The molecule has 0 amide bonds. The van der Waals surface area contributed by atoms with Crippen molar-refractivity contribution in [2.75, 3.05) is 0 Å². The molecule has 0 aliphatic carbocycles. The van der Waals surface area contributed by atoms with Crippen LogP contribution < -0.4 is 11.5 Å². The largest absolute Gasteiger partial charge is 0.370 e. The van der Waals surface area contributed by atoms with Gasteiger partial charge in [-0.05, 0) is 20.8 Å². The van der Waals surface area contributed by atoms with E-state index in [-0.39, 0.29) is 17.5 Å². The van der Waals surface area contributed by atoms with E-state index in [0.29, 0.717) is 0 Å². The summed E-state index contributed by atoms with van der Waals surface area (Å²) in [6.07, 6.45) is 0.815. The minimum Gasteiger partial charge on any atom is -0.370 e. The fourth-order valence-electron chi connectivity index (χ4n) is 1.55. The highest BCUT2D eigenvalue weighted by molar-refractivity contribution is 5.94. The molecule has 0 aromatic rings. The maximum Gasteiger partial charge on any atom is 0.242 e. The lowest BCUT2D eigenvalue weighted by Gasteiger charge is -2.28. The van der Waals surface area contributed by atoms with Crippen molar-refractivity contribution in [2.45, 2.75) is 32.7 Å². The number of nitrogens with two attached hydrogens (primary N) is 2. The summed E-state index contributed by atoms with van der Waals surface area (Å²) in [4.78, 5) is 3.66. The van der Waals surface area contributed by atoms with Gasteiger partial charge in [-0.25, -0.2) is 5.01 Å². The predicted molar refractivity (Wildman–Crippen MR) is 57.2 cm³/mol. The first-order chi connectivity index (χ1) is 6.33. The van der Waals surface area contributed by atoms with Gasteiger partial charge in [0.2, 0.25) is 5.96 Å². The number of aliphatic imine (C=N–C) groups is 1. The van der Waals surface area contributed by atoms with Gasteiger partial charge in [0.1, 0.15) is 0 Å². The predicted octanol–water partition coefficient (Wildman–Crippen LogP) is 0.0548. The molecule has 1 rings (SSSR count). The first kappa shape index (κ1) is 10.5. The number of hydrogen-bond donors (Lipinski definition) is 3. The quantitative estimate of drug-likeness (QED) is 0.377. The molecule has 5 N–H and O–H groups in total. The highest BCUT2D eigenvalue weighted by atomic mass is 15.6. The third-order valence-corrected chi connectivity index (χ3v) is 1.97. The Kier molecular flexibility index (Phi) is 2.46. The maximum atomic E-state index is 7.63. The second-order valence-electron chi connectivity index (χ2n) is 4.00. The van der Waals surface area contributed by atoms with Crippen LogP contribution >= 0.6 is 0 Å². The molecule has 0 saturated heterocycles. The average Bonchev–Trinajstić information content (AvgIpc) is 2.22. The first-order valence-electron chi connectivity index (χ1n) is 4.35. The van der Waals surface area contributed by atoms with Gasteiger partial charge >= 0.3 is 0 Å². The van der Waals surface area contributed by atoms with Gasteiger partial charge in [0.25, 0.3) is 0 Å². The van der Waals surface area contributed by atoms with Crippen LogP contribution in [0.3, 0.4) is 0 Å². The molecule has 0 aromatic carbocycles. The molecule has 0 bridgehead atoms. The second-order valence-corrected chi connectivity index (χ2v) is 4.00. The van der Waals surface area contributed by atoms with Crippen LogP contribution in [0.4, 0.5) is 0 Å². The Bertz CT molecular complexity index is 310. The monoisotopic (exact) mass is 196 g/mol. The van der Waals surface area contributed by atoms with Crippen molar-refractivity contribution in [3.05, 3.63) is 0 Å². The van der Waals surface area contributed by atoms with E-state index in [2.05, 4.69) is 10.1 Å². The number of hydrazone groups is 1. The van der Waals surface area contributed by atoms with Gasteiger partial charge in [-0.2, -0.15) is 10.1 Å². The molecular weight excluding hydrogens is 180 g/mol. The van der Waals surface area contributed by atoms with E-state index in [1.807, 2.05) is 20.8 Å². The lowest BCUT2D eigenvalue weighted by molar-refractivity contribution is 0.253. The Labute approximate surface area is 83.2 Å². The Morgan fingerprint density at radius 1 is 1.57 bits per heavy atom. The van der Waals surface area contributed by atoms with Crippen LogP contribution in [0.2, 0.25) is 0 Å². The van der Waals surface area contributed by atoms with Crippen LogP contribution in [-0.2, 0) is 0 Å². The fourth-order valence-corrected chi connectivity index (χ4v) is 1.55. The zero-order valence-corrected chi connectivity index (χ0v) is 8.70. The summed E-state index contributed by atoms with van der Waals surface area (Å²) < 4.78 is 0. The third kappa shape index (κ3) is 2.01. The molecular formula is C8H16N6. The zero-order valence-electron chi connectivity index (χ0n) is 8.70. The van der Waals surface area contributed by atoms with Gasteiger partial charge in [-0.1, -0.05) is 0 Å². The number of nitrogens with zero attached hydrogens (tertiary/aromatic N) is 3. The molecule has 1 aliphatic rings. The normalized spacial score (nSPS) is 19.1. The van der Waals surface area contributed by atoms with Gasteiger partial charge in [0, 0.05) is 12.1 Å². The first-order valence-corrected chi connectivity index (χ1v) is 4.35. The molecule has 0 spiro atoms. The number of nitrogens with one attached hydrogen (secondary N) is 1. The van der Waals surface area contributed by atoms with Crippen molar-refractivity contribution in [3.8, 4) is 0 Å².